The van der Waals surface area contributed by atoms with Gasteiger partial charge in [-0.1, -0.05) is 44.2 Å². The lowest BCUT2D eigenvalue weighted by molar-refractivity contribution is -0.140. The molecule has 26 heavy (non-hydrogen) atoms. The summed E-state index contributed by atoms with van der Waals surface area (Å²) in [7, 11) is 0. The Balaban J connectivity index is 1.40. The van der Waals surface area contributed by atoms with Crippen molar-refractivity contribution in [2.75, 3.05) is 0 Å². The second-order valence-electron chi connectivity index (χ2n) is 8.56. The number of hydrogen-bond donors (Lipinski definition) is 0. The minimum atomic E-state index is -4.34. The summed E-state index contributed by atoms with van der Waals surface area (Å²) in [6, 6.07) is 4.43. The number of ether oxygens (including phenoxy) is 1. The summed E-state index contributed by atoms with van der Waals surface area (Å²) in [4.78, 5) is 0. The van der Waals surface area contributed by atoms with Gasteiger partial charge in [0, 0.05) is 0 Å². The lowest BCUT2D eigenvalue weighted by Gasteiger charge is -2.40. The van der Waals surface area contributed by atoms with Crippen molar-refractivity contribution >= 4 is 0 Å². The molecule has 4 heteroatoms. The van der Waals surface area contributed by atoms with E-state index in [0.717, 1.165) is 37.2 Å². The van der Waals surface area contributed by atoms with Gasteiger partial charge in [0.25, 0.3) is 0 Å². The van der Waals surface area contributed by atoms with Crippen LogP contribution in [-0.2, 0) is 12.6 Å². The molecule has 1 nitrogen and oxygen atoms in total. The molecule has 0 aromatic heterocycles. The molecule has 2 saturated carbocycles. The topological polar surface area (TPSA) is 9.23 Å². The van der Waals surface area contributed by atoms with E-state index in [4.69, 9.17) is 4.74 Å². The molecule has 3 aliphatic rings. The zero-order valence-corrected chi connectivity index (χ0v) is 15.4. The van der Waals surface area contributed by atoms with Gasteiger partial charge in [-0.25, -0.2) is 0 Å². The van der Waals surface area contributed by atoms with E-state index in [0.29, 0.717) is 17.9 Å². The van der Waals surface area contributed by atoms with Crippen molar-refractivity contribution in [3.63, 3.8) is 0 Å². The van der Waals surface area contributed by atoms with Gasteiger partial charge in [0.05, 0.1) is 5.56 Å². The highest BCUT2D eigenvalue weighted by Crippen LogP contribution is 2.45. The molecule has 1 heterocycles. The highest BCUT2D eigenvalue weighted by molar-refractivity contribution is 5.44. The van der Waals surface area contributed by atoms with Crippen LogP contribution in [0.4, 0.5) is 13.2 Å². The molecular formula is C22H29F3O. The fourth-order valence-corrected chi connectivity index (χ4v) is 5.58. The van der Waals surface area contributed by atoms with Crippen LogP contribution in [-0.4, -0.2) is 6.10 Å². The summed E-state index contributed by atoms with van der Waals surface area (Å²) in [5.74, 6) is 2.26. The maximum absolute atomic E-state index is 13.3. The smallest absolute Gasteiger partial charge is 0.419 e. The molecular weight excluding hydrogens is 337 g/mol. The van der Waals surface area contributed by atoms with Gasteiger partial charge in [-0.3, -0.25) is 0 Å². The second kappa shape index (κ2) is 7.44. The Morgan fingerprint density at radius 2 is 1.42 bits per heavy atom. The zero-order chi connectivity index (χ0) is 18.1. The summed E-state index contributed by atoms with van der Waals surface area (Å²) < 4.78 is 46.0. The van der Waals surface area contributed by atoms with Crippen molar-refractivity contribution in [2.45, 2.75) is 82.9 Å². The Labute approximate surface area is 154 Å². The van der Waals surface area contributed by atoms with E-state index in [1.807, 2.05) is 0 Å². The average Bonchev–Trinajstić information content (AvgIpc) is 2.67. The molecule has 0 radical (unpaired) electrons. The molecule has 0 spiro atoms. The summed E-state index contributed by atoms with van der Waals surface area (Å²) in [5.41, 5.74) is 0.113. The van der Waals surface area contributed by atoms with E-state index >= 15 is 0 Å². The van der Waals surface area contributed by atoms with E-state index in [-0.39, 0.29) is 11.9 Å². The van der Waals surface area contributed by atoms with Gasteiger partial charge in [0.2, 0.25) is 0 Å². The molecule has 1 unspecified atom stereocenters. The average molecular weight is 366 g/mol. The van der Waals surface area contributed by atoms with Crippen LogP contribution in [0.3, 0.4) is 0 Å². The number of halogens is 3. The maximum Gasteiger partial charge on any atom is 0.419 e. The Morgan fingerprint density at radius 1 is 0.769 bits per heavy atom. The molecule has 2 fully saturated rings. The first-order valence-corrected chi connectivity index (χ1v) is 10.4. The molecule has 1 aliphatic heterocycles. The van der Waals surface area contributed by atoms with E-state index in [1.54, 1.807) is 6.07 Å². The Morgan fingerprint density at radius 3 is 2.12 bits per heavy atom. The largest absolute Gasteiger partial charge is 0.489 e. The van der Waals surface area contributed by atoms with Gasteiger partial charge in [-0.05, 0) is 67.9 Å². The number of hydrogen-bond acceptors (Lipinski definition) is 1. The molecule has 0 saturated heterocycles. The van der Waals surface area contributed by atoms with Crippen LogP contribution in [0, 0.1) is 17.8 Å². The first-order chi connectivity index (χ1) is 12.5. The lowest BCUT2D eigenvalue weighted by Crippen LogP contribution is -2.35. The fraction of sp³-hybridized carbons (Fsp3) is 0.727. The molecule has 4 rings (SSSR count). The third-order valence-corrected chi connectivity index (χ3v) is 7.03. The summed E-state index contributed by atoms with van der Waals surface area (Å²) in [5, 5.41) is 0. The lowest BCUT2D eigenvalue weighted by atomic mass is 9.69. The number of fused-ring (bicyclic) bond motifs is 1. The predicted molar refractivity (Wildman–Crippen MR) is 96.2 cm³/mol. The zero-order valence-electron chi connectivity index (χ0n) is 15.4. The van der Waals surface area contributed by atoms with Crippen molar-refractivity contribution in [3.8, 4) is 5.75 Å². The van der Waals surface area contributed by atoms with E-state index < -0.39 is 11.7 Å². The van der Waals surface area contributed by atoms with Gasteiger partial charge in [0.15, 0.2) is 0 Å². The number of alkyl halides is 3. The number of para-hydroxylation sites is 1. The van der Waals surface area contributed by atoms with Crippen LogP contribution >= 0.6 is 0 Å². The van der Waals surface area contributed by atoms with E-state index in [1.165, 1.54) is 51.0 Å². The van der Waals surface area contributed by atoms with Crippen LogP contribution < -0.4 is 4.74 Å². The van der Waals surface area contributed by atoms with Crippen LogP contribution in [0.15, 0.2) is 18.2 Å². The van der Waals surface area contributed by atoms with Gasteiger partial charge >= 0.3 is 6.18 Å². The third kappa shape index (κ3) is 3.75. The van der Waals surface area contributed by atoms with Gasteiger partial charge < -0.3 is 4.74 Å². The molecule has 0 N–H and O–H groups in total. The van der Waals surface area contributed by atoms with Gasteiger partial charge in [0.1, 0.15) is 11.9 Å². The predicted octanol–water partition coefficient (Wildman–Crippen LogP) is 6.79. The van der Waals surface area contributed by atoms with Crippen molar-refractivity contribution in [3.05, 3.63) is 29.3 Å². The minimum absolute atomic E-state index is 0.0432. The summed E-state index contributed by atoms with van der Waals surface area (Å²) >= 11 is 0. The summed E-state index contributed by atoms with van der Waals surface area (Å²) in [6.07, 6.45) is 8.82. The van der Waals surface area contributed by atoms with E-state index in [9.17, 15) is 13.2 Å². The first kappa shape index (κ1) is 18.2. The molecule has 1 aromatic rings. The highest BCUT2D eigenvalue weighted by atomic mass is 19.4. The van der Waals surface area contributed by atoms with Crippen LogP contribution in [0.2, 0.25) is 0 Å². The van der Waals surface area contributed by atoms with Crippen molar-refractivity contribution in [1.82, 2.24) is 0 Å². The van der Waals surface area contributed by atoms with Crippen LogP contribution in [0.1, 0.15) is 75.3 Å². The van der Waals surface area contributed by atoms with Crippen molar-refractivity contribution in [2.24, 2.45) is 17.8 Å². The molecule has 0 amide bonds. The molecule has 144 valence electrons. The molecule has 2 aliphatic carbocycles. The minimum Gasteiger partial charge on any atom is -0.489 e. The van der Waals surface area contributed by atoms with Crippen LogP contribution in [0.5, 0.6) is 5.75 Å². The monoisotopic (exact) mass is 366 g/mol. The SMILES string of the molecule is FC(F)(F)c1cccc2c1OC(C1CCC(C3CCCCC3)CC1)CC2. The number of aryl methyl sites for hydroxylation is 1. The molecule has 1 aromatic carbocycles. The quantitative estimate of drug-likeness (QED) is 0.560. The third-order valence-electron chi connectivity index (χ3n) is 7.03. The second-order valence-corrected chi connectivity index (χ2v) is 8.56. The van der Waals surface area contributed by atoms with Gasteiger partial charge in [-0.2, -0.15) is 13.2 Å². The first-order valence-electron chi connectivity index (χ1n) is 10.4. The number of benzene rings is 1. The Kier molecular flexibility index (Phi) is 5.20. The Bertz CT molecular complexity index is 610. The van der Waals surface area contributed by atoms with E-state index in [2.05, 4.69) is 0 Å². The van der Waals surface area contributed by atoms with Crippen molar-refractivity contribution < 1.29 is 17.9 Å². The van der Waals surface area contributed by atoms with Crippen LogP contribution in [0.25, 0.3) is 0 Å². The van der Waals surface area contributed by atoms with Gasteiger partial charge in [-0.15, -0.1) is 0 Å². The standard InChI is InChI=1S/C22H29F3O/c23-22(24,25)19-8-4-7-18-13-14-20(26-21(18)19)17-11-9-16(10-12-17)15-5-2-1-3-6-15/h4,7-8,15-17,20H,1-3,5-6,9-14H2. The fourth-order valence-electron chi connectivity index (χ4n) is 5.58. The molecule has 1 atom stereocenters. The summed E-state index contributed by atoms with van der Waals surface area (Å²) in [6.45, 7) is 0. The Hall–Kier alpha value is -1.19. The maximum atomic E-state index is 13.3. The highest BCUT2D eigenvalue weighted by Gasteiger charge is 2.39. The van der Waals surface area contributed by atoms with Crippen molar-refractivity contribution in [1.29, 1.82) is 0 Å². The normalized spacial score (nSPS) is 30.5. The molecule has 0 bridgehead atoms. The number of rotatable bonds is 2.